The molecule has 2 aromatic carbocycles. The number of rotatable bonds is 7. The number of halogens is 3. The number of pyridine rings is 2. The number of aryl methyl sites for hydroxylation is 1. The Morgan fingerprint density at radius 2 is 1.96 bits per heavy atom. The Kier molecular flexibility index (Phi) is 7.91. The first kappa shape index (κ1) is 30.4. The lowest BCUT2D eigenvalue weighted by Gasteiger charge is -2.17. The summed E-state index contributed by atoms with van der Waals surface area (Å²) in [5.41, 5.74) is 2.67. The normalized spacial score (nSPS) is 12.5. The van der Waals surface area contributed by atoms with Crippen molar-refractivity contribution in [1.29, 1.82) is 5.26 Å². The minimum Gasteiger partial charge on any atom is -0.384 e. The lowest BCUT2D eigenvalue weighted by atomic mass is 9.92. The topological polar surface area (TPSA) is 120 Å². The number of nitrogens with zero attached hydrogens (tertiary/aromatic N) is 5. The first-order valence-corrected chi connectivity index (χ1v) is 15.0. The highest BCUT2D eigenvalue weighted by Gasteiger charge is 2.25. The molecule has 0 fully saturated rings. The fraction of sp³-hybridized carbons (Fsp3) is 0.206. The van der Waals surface area contributed by atoms with Crippen molar-refractivity contribution in [1.82, 2.24) is 24.5 Å². The van der Waals surface area contributed by atoms with E-state index in [0.717, 1.165) is 0 Å². The van der Waals surface area contributed by atoms with Gasteiger partial charge in [0.05, 0.1) is 45.3 Å². The van der Waals surface area contributed by atoms with Crippen molar-refractivity contribution in [2.75, 3.05) is 0 Å². The molecule has 0 saturated carbocycles. The summed E-state index contributed by atoms with van der Waals surface area (Å²) in [5.74, 6) is -0.608. The van der Waals surface area contributed by atoms with Crippen LogP contribution in [0.1, 0.15) is 50.2 Å². The molecule has 1 atom stereocenters. The molecule has 6 aromatic rings. The van der Waals surface area contributed by atoms with Gasteiger partial charge in [-0.05, 0) is 63.1 Å². The van der Waals surface area contributed by atoms with Gasteiger partial charge >= 0.3 is 0 Å². The molecule has 0 aliphatic heterocycles. The minimum atomic E-state index is -1.16. The van der Waals surface area contributed by atoms with Gasteiger partial charge in [0, 0.05) is 58.2 Å². The van der Waals surface area contributed by atoms with Crippen LogP contribution >= 0.6 is 23.2 Å². The fourth-order valence-corrected chi connectivity index (χ4v) is 5.98. The van der Waals surface area contributed by atoms with Crippen molar-refractivity contribution in [3.05, 3.63) is 110 Å². The maximum atomic E-state index is 16.9. The van der Waals surface area contributed by atoms with Gasteiger partial charge in [-0.15, -0.1) is 0 Å². The monoisotopic (exact) mass is 640 g/mol. The molecule has 0 radical (unpaired) electrons. The van der Waals surface area contributed by atoms with E-state index in [9.17, 15) is 15.2 Å². The van der Waals surface area contributed by atoms with Gasteiger partial charge in [-0.3, -0.25) is 14.8 Å². The highest BCUT2D eigenvalue weighted by atomic mass is 35.5. The summed E-state index contributed by atoms with van der Waals surface area (Å²) in [5, 5.41) is 21.5. The van der Waals surface area contributed by atoms with Crippen LogP contribution in [0.2, 0.25) is 10.0 Å². The molecule has 0 aliphatic carbocycles. The molecule has 0 amide bonds. The predicted molar refractivity (Wildman–Crippen MR) is 174 cm³/mol. The fourth-order valence-electron chi connectivity index (χ4n) is 5.58. The van der Waals surface area contributed by atoms with Crippen molar-refractivity contribution in [3.8, 4) is 28.5 Å². The smallest absolute Gasteiger partial charge is 0.269 e. The highest BCUT2D eigenvalue weighted by molar-refractivity contribution is 6.43. The summed E-state index contributed by atoms with van der Waals surface area (Å²) in [7, 11) is 0. The zero-order chi connectivity index (χ0) is 32.0. The van der Waals surface area contributed by atoms with Crippen LogP contribution < -0.4 is 5.56 Å². The standard InChI is InChI=1S/C34H27Cl2FN6O2/c1-18(43-13-12-39-17-27(43)44)25-15-23-31(20-9-10-26(40-16-20)34(2,3)45)42-33-22(32(23)41-25)14-19(6-5-11-38)28(30(33)37)21-7-4-8-24(35)29(21)36/h4,7-10,12-18,41,45H,5-6H2,1-3H3. The van der Waals surface area contributed by atoms with Gasteiger partial charge in [0.25, 0.3) is 5.56 Å². The maximum absolute atomic E-state index is 16.9. The van der Waals surface area contributed by atoms with Gasteiger partial charge in [-0.1, -0.05) is 35.3 Å². The van der Waals surface area contributed by atoms with E-state index in [2.05, 4.69) is 21.0 Å². The van der Waals surface area contributed by atoms with Crippen molar-refractivity contribution in [2.24, 2.45) is 0 Å². The van der Waals surface area contributed by atoms with Crippen LogP contribution in [-0.2, 0) is 12.0 Å². The number of aliphatic hydroxyl groups is 1. The average Bonchev–Trinajstić information content (AvgIpc) is 3.47. The zero-order valence-electron chi connectivity index (χ0n) is 24.6. The average molecular weight is 642 g/mol. The lowest BCUT2D eigenvalue weighted by Crippen LogP contribution is -2.23. The largest absolute Gasteiger partial charge is 0.384 e. The minimum absolute atomic E-state index is 0.0814. The van der Waals surface area contributed by atoms with E-state index in [-0.39, 0.29) is 39.5 Å². The molecule has 1 unspecified atom stereocenters. The summed E-state index contributed by atoms with van der Waals surface area (Å²) < 4.78 is 18.5. The molecule has 226 valence electrons. The van der Waals surface area contributed by atoms with E-state index < -0.39 is 17.5 Å². The van der Waals surface area contributed by atoms with Crippen molar-refractivity contribution in [3.63, 3.8) is 0 Å². The molecule has 0 bridgehead atoms. The third-order valence-electron chi connectivity index (χ3n) is 7.92. The molecule has 4 heterocycles. The summed E-state index contributed by atoms with van der Waals surface area (Å²) in [6.45, 7) is 5.16. The molecular weight excluding hydrogens is 614 g/mol. The summed E-state index contributed by atoms with van der Waals surface area (Å²) >= 11 is 12.9. The van der Waals surface area contributed by atoms with Gasteiger partial charge in [-0.25, -0.2) is 9.37 Å². The number of aromatic amines is 1. The van der Waals surface area contributed by atoms with E-state index in [1.54, 1.807) is 61.1 Å². The molecule has 8 nitrogen and oxygen atoms in total. The molecule has 4 aromatic heterocycles. The van der Waals surface area contributed by atoms with Crippen LogP contribution in [0.15, 0.2) is 72.0 Å². The number of fused-ring (bicyclic) bond motifs is 3. The molecule has 6 rings (SSSR count). The van der Waals surface area contributed by atoms with E-state index in [1.165, 1.54) is 12.4 Å². The highest BCUT2D eigenvalue weighted by Crippen LogP contribution is 2.42. The van der Waals surface area contributed by atoms with Gasteiger partial charge in [0.2, 0.25) is 0 Å². The summed E-state index contributed by atoms with van der Waals surface area (Å²) in [6.07, 6.45) is 6.41. The number of hydrogen-bond donors (Lipinski definition) is 2. The van der Waals surface area contributed by atoms with E-state index in [4.69, 9.17) is 28.2 Å². The van der Waals surface area contributed by atoms with Gasteiger partial charge in [0.15, 0.2) is 5.82 Å². The van der Waals surface area contributed by atoms with E-state index in [1.807, 2.05) is 19.1 Å². The number of benzene rings is 2. The van der Waals surface area contributed by atoms with Crippen LogP contribution in [0.4, 0.5) is 4.39 Å². The van der Waals surface area contributed by atoms with Gasteiger partial charge in [-0.2, -0.15) is 5.26 Å². The van der Waals surface area contributed by atoms with E-state index in [0.29, 0.717) is 50.1 Å². The molecule has 0 aliphatic rings. The van der Waals surface area contributed by atoms with Crippen molar-refractivity contribution >= 4 is 45.0 Å². The van der Waals surface area contributed by atoms with Crippen LogP contribution in [0.5, 0.6) is 0 Å². The Labute approximate surface area is 267 Å². The van der Waals surface area contributed by atoms with Crippen molar-refractivity contribution < 1.29 is 9.50 Å². The van der Waals surface area contributed by atoms with Gasteiger partial charge in [0.1, 0.15) is 11.1 Å². The van der Waals surface area contributed by atoms with Crippen molar-refractivity contribution in [2.45, 2.75) is 45.3 Å². The number of H-pyrrole nitrogens is 1. The number of hydrogen-bond acceptors (Lipinski definition) is 6. The summed E-state index contributed by atoms with van der Waals surface area (Å²) in [4.78, 5) is 29.3. The SMILES string of the molecule is CC(c1cc2c(-c3ccc(C(C)(C)O)nc3)nc3c(F)c(-c4cccc(Cl)c4Cl)c(CCC#N)cc3c2[nH]1)n1ccncc1=O. The zero-order valence-corrected chi connectivity index (χ0v) is 26.1. The molecular formula is C34H27Cl2FN6O2. The Morgan fingerprint density at radius 1 is 1.16 bits per heavy atom. The maximum Gasteiger partial charge on any atom is 0.269 e. The van der Waals surface area contributed by atoms with Crippen LogP contribution in [-0.4, -0.2) is 29.6 Å². The Hall–Kier alpha value is -4.62. The Bertz CT molecular complexity index is 2200. The Morgan fingerprint density at radius 3 is 2.64 bits per heavy atom. The third-order valence-corrected chi connectivity index (χ3v) is 8.74. The lowest BCUT2D eigenvalue weighted by molar-refractivity contribution is 0.0739. The Balaban J connectivity index is 1.69. The predicted octanol–water partition coefficient (Wildman–Crippen LogP) is 7.74. The van der Waals surface area contributed by atoms with Crippen LogP contribution in [0.3, 0.4) is 0 Å². The van der Waals surface area contributed by atoms with Crippen LogP contribution in [0, 0.1) is 17.1 Å². The second kappa shape index (κ2) is 11.7. The molecule has 0 spiro atoms. The first-order valence-electron chi connectivity index (χ1n) is 14.2. The number of nitrogens with one attached hydrogen (secondary N) is 1. The molecule has 2 N–H and O–H groups in total. The molecule has 0 saturated heterocycles. The third kappa shape index (κ3) is 5.46. The number of nitriles is 1. The second-order valence-electron chi connectivity index (χ2n) is 11.3. The second-order valence-corrected chi connectivity index (χ2v) is 12.1. The summed E-state index contributed by atoms with van der Waals surface area (Å²) in [6, 6.07) is 14.0. The molecule has 45 heavy (non-hydrogen) atoms. The first-order chi connectivity index (χ1) is 21.5. The quantitative estimate of drug-likeness (QED) is 0.184. The van der Waals surface area contributed by atoms with Crippen LogP contribution in [0.25, 0.3) is 44.2 Å². The van der Waals surface area contributed by atoms with Gasteiger partial charge < -0.3 is 14.7 Å². The van der Waals surface area contributed by atoms with E-state index >= 15 is 4.39 Å². The molecule has 11 heteroatoms. The number of aromatic nitrogens is 5.